The van der Waals surface area contributed by atoms with Gasteiger partial charge in [0.15, 0.2) is 0 Å². The molecule has 0 unspecified atom stereocenters. The van der Waals surface area contributed by atoms with E-state index in [0.29, 0.717) is 16.5 Å². The summed E-state index contributed by atoms with van der Waals surface area (Å²) < 4.78 is 5.01. The summed E-state index contributed by atoms with van der Waals surface area (Å²) in [6, 6.07) is 5.53. The third-order valence-electron chi connectivity index (χ3n) is 5.13. The van der Waals surface area contributed by atoms with Gasteiger partial charge < -0.3 is 9.84 Å². The fourth-order valence-electron chi connectivity index (χ4n) is 4.06. The van der Waals surface area contributed by atoms with E-state index in [1.165, 1.54) is 7.11 Å². The Kier molecular flexibility index (Phi) is 4.38. The molecular formula is C16H19Cl2NO3. The maximum Gasteiger partial charge on any atom is 0.310 e. The Hall–Kier alpha value is -0.810. The molecule has 2 aliphatic rings. The van der Waals surface area contributed by atoms with E-state index in [1.54, 1.807) is 6.07 Å². The van der Waals surface area contributed by atoms with Crippen molar-refractivity contribution in [2.75, 3.05) is 14.2 Å². The lowest BCUT2D eigenvalue weighted by molar-refractivity contribution is -0.151. The molecule has 2 fully saturated rings. The quantitative estimate of drug-likeness (QED) is 0.838. The van der Waals surface area contributed by atoms with Gasteiger partial charge in [-0.3, -0.25) is 9.69 Å². The number of fused-ring (bicyclic) bond motifs is 2. The van der Waals surface area contributed by atoms with E-state index in [0.717, 1.165) is 12.0 Å². The number of carbonyl (C=O) groups excluding carboxylic acids is 1. The number of nitrogens with zero attached hydrogens (tertiary/aromatic N) is 1. The highest BCUT2D eigenvalue weighted by Crippen LogP contribution is 2.47. The SMILES string of the molecule is COC(=O)[C@@H]1[C@H]2[C@@H](O)C[C@@H](C[C@H]1c1ccc(Cl)c(Cl)c1)N2C. The fraction of sp³-hybridized carbons (Fsp3) is 0.562. The molecule has 4 nitrogen and oxygen atoms in total. The average Bonchev–Trinajstić information content (AvgIpc) is 2.68. The van der Waals surface area contributed by atoms with Gasteiger partial charge in [-0.2, -0.15) is 0 Å². The zero-order valence-corrected chi connectivity index (χ0v) is 14.0. The van der Waals surface area contributed by atoms with Gasteiger partial charge in [-0.1, -0.05) is 29.3 Å². The Morgan fingerprint density at radius 1 is 1.32 bits per heavy atom. The number of benzene rings is 1. The van der Waals surface area contributed by atoms with Crippen molar-refractivity contribution >= 4 is 29.2 Å². The number of halogens is 2. The molecule has 2 bridgehead atoms. The Bertz CT molecular complexity index is 595. The van der Waals surface area contributed by atoms with Gasteiger partial charge in [0.1, 0.15) is 0 Å². The van der Waals surface area contributed by atoms with Crippen molar-refractivity contribution < 1.29 is 14.6 Å². The van der Waals surface area contributed by atoms with Crippen LogP contribution in [0.1, 0.15) is 24.3 Å². The minimum atomic E-state index is -0.508. The van der Waals surface area contributed by atoms with Crippen molar-refractivity contribution in [3.05, 3.63) is 33.8 Å². The standard InChI is InChI=1S/C16H19Cl2NO3/c1-19-9-6-10(8-3-4-11(17)12(18)5-8)14(16(21)22-2)15(19)13(20)7-9/h3-5,9-10,13-15,20H,6-7H2,1-2H3/t9-,10+,13+,14+,15-/m1/s1. The maximum atomic E-state index is 12.4. The van der Waals surface area contributed by atoms with E-state index < -0.39 is 12.0 Å². The van der Waals surface area contributed by atoms with Crippen LogP contribution in [0.15, 0.2) is 18.2 Å². The van der Waals surface area contributed by atoms with Gasteiger partial charge in [0, 0.05) is 18.0 Å². The van der Waals surface area contributed by atoms with Crippen LogP contribution in [0.5, 0.6) is 0 Å². The van der Waals surface area contributed by atoms with Gasteiger partial charge in [0.25, 0.3) is 0 Å². The number of aliphatic hydroxyl groups is 1. The molecule has 0 aliphatic carbocycles. The van der Waals surface area contributed by atoms with E-state index in [-0.39, 0.29) is 24.0 Å². The van der Waals surface area contributed by atoms with Crippen LogP contribution in [0.2, 0.25) is 10.0 Å². The van der Waals surface area contributed by atoms with Crippen molar-refractivity contribution in [3.63, 3.8) is 0 Å². The lowest BCUT2D eigenvalue weighted by Gasteiger charge is -2.42. The molecule has 0 saturated carbocycles. The van der Waals surface area contributed by atoms with Crippen LogP contribution in [-0.4, -0.2) is 48.3 Å². The van der Waals surface area contributed by atoms with E-state index in [2.05, 4.69) is 4.90 Å². The smallest absolute Gasteiger partial charge is 0.310 e. The summed E-state index contributed by atoms with van der Waals surface area (Å²) in [6.07, 6.45) is 0.973. The number of likely N-dealkylation sites (N-methyl/N-ethyl adjacent to an activating group) is 1. The number of ether oxygens (including phenoxy) is 1. The normalized spacial score (nSPS) is 34.7. The Morgan fingerprint density at radius 2 is 2.05 bits per heavy atom. The number of methoxy groups -OCH3 is 1. The number of esters is 1. The molecule has 22 heavy (non-hydrogen) atoms. The predicted octanol–water partition coefficient (Wildman–Crippen LogP) is 2.70. The first-order valence-electron chi connectivity index (χ1n) is 7.36. The number of hydrogen-bond acceptors (Lipinski definition) is 4. The van der Waals surface area contributed by atoms with E-state index in [4.69, 9.17) is 27.9 Å². The molecule has 0 radical (unpaired) electrons. The van der Waals surface area contributed by atoms with Crippen molar-refractivity contribution in [2.45, 2.75) is 36.9 Å². The van der Waals surface area contributed by atoms with E-state index in [9.17, 15) is 9.90 Å². The summed E-state index contributed by atoms with van der Waals surface area (Å²) in [7, 11) is 3.36. The molecule has 1 aromatic rings. The highest BCUT2D eigenvalue weighted by Gasteiger charge is 2.53. The third kappa shape index (κ3) is 2.52. The van der Waals surface area contributed by atoms with Gasteiger partial charge in [-0.25, -0.2) is 0 Å². The monoisotopic (exact) mass is 343 g/mol. The first kappa shape index (κ1) is 16.1. The zero-order chi connectivity index (χ0) is 16.0. The lowest BCUT2D eigenvalue weighted by atomic mass is 9.76. The largest absolute Gasteiger partial charge is 0.469 e. The molecule has 2 heterocycles. The highest BCUT2D eigenvalue weighted by atomic mass is 35.5. The van der Waals surface area contributed by atoms with Crippen LogP contribution in [0, 0.1) is 5.92 Å². The minimum Gasteiger partial charge on any atom is -0.469 e. The van der Waals surface area contributed by atoms with Gasteiger partial charge >= 0.3 is 5.97 Å². The van der Waals surface area contributed by atoms with Crippen molar-refractivity contribution in [1.29, 1.82) is 0 Å². The number of piperidine rings is 1. The molecule has 1 N–H and O–H groups in total. The van der Waals surface area contributed by atoms with Crippen LogP contribution in [0.25, 0.3) is 0 Å². The topological polar surface area (TPSA) is 49.8 Å². The van der Waals surface area contributed by atoms with Gasteiger partial charge in [0.05, 0.1) is 29.2 Å². The van der Waals surface area contributed by atoms with E-state index >= 15 is 0 Å². The molecule has 120 valence electrons. The number of hydrogen-bond donors (Lipinski definition) is 1. The zero-order valence-electron chi connectivity index (χ0n) is 12.5. The highest BCUT2D eigenvalue weighted by molar-refractivity contribution is 6.42. The van der Waals surface area contributed by atoms with Crippen molar-refractivity contribution in [2.24, 2.45) is 5.92 Å². The first-order chi connectivity index (χ1) is 10.4. The maximum absolute atomic E-state index is 12.4. The molecule has 3 rings (SSSR count). The Morgan fingerprint density at radius 3 is 2.68 bits per heavy atom. The van der Waals surface area contributed by atoms with Crippen molar-refractivity contribution in [3.8, 4) is 0 Å². The number of aliphatic hydroxyl groups excluding tert-OH is 1. The van der Waals surface area contributed by atoms with Crippen LogP contribution in [-0.2, 0) is 9.53 Å². The summed E-state index contributed by atoms with van der Waals surface area (Å²) >= 11 is 12.1. The number of carbonyl (C=O) groups is 1. The van der Waals surface area contributed by atoms with Crippen LogP contribution < -0.4 is 0 Å². The molecule has 2 saturated heterocycles. The van der Waals surface area contributed by atoms with Gasteiger partial charge in [-0.05, 0) is 37.6 Å². The predicted molar refractivity (Wildman–Crippen MR) is 85.3 cm³/mol. The summed E-state index contributed by atoms with van der Waals surface area (Å²) in [6.45, 7) is 0. The fourth-order valence-corrected chi connectivity index (χ4v) is 4.36. The molecule has 6 heteroatoms. The lowest BCUT2D eigenvalue weighted by Crippen LogP contribution is -2.51. The summed E-state index contributed by atoms with van der Waals surface area (Å²) in [5.41, 5.74) is 0.974. The summed E-state index contributed by atoms with van der Waals surface area (Å²) in [4.78, 5) is 14.5. The molecule has 0 amide bonds. The van der Waals surface area contributed by atoms with E-state index in [1.807, 2.05) is 19.2 Å². The molecule has 0 aromatic heterocycles. The molecule has 2 aliphatic heterocycles. The number of rotatable bonds is 2. The van der Waals surface area contributed by atoms with Gasteiger partial charge in [-0.15, -0.1) is 0 Å². The van der Waals surface area contributed by atoms with Crippen molar-refractivity contribution in [1.82, 2.24) is 4.90 Å². The van der Waals surface area contributed by atoms with Crippen LogP contribution in [0.4, 0.5) is 0 Å². The van der Waals surface area contributed by atoms with Crippen LogP contribution in [0.3, 0.4) is 0 Å². The molecule has 0 spiro atoms. The summed E-state index contributed by atoms with van der Waals surface area (Å²) in [5, 5.41) is 11.3. The first-order valence-corrected chi connectivity index (χ1v) is 8.12. The second-order valence-electron chi connectivity index (χ2n) is 6.18. The molecule has 5 atom stereocenters. The average molecular weight is 344 g/mol. The Balaban J connectivity index is 2.01. The second kappa shape index (κ2) is 6.00. The second-order valence-corrected chi connectivity index (χ2v) is 6.99. The third-order valence-corrected chi connectivity index (χ3v) is 5.87. The van der Waals surface area contributed by atoms with Crippen LogP contribution >= 0.6 is 23.2 Å². The molecular weight excluding hydrogens is 325 g/mol. The molecule has 1 aromatic carbocycles. The minimum absolute atomic E-state index is 0.0226. The summed E-state index contributed by atoms with van der Waals surface area (Å²) in [5.74, 6) is -0.709. The van der Waals surface area contributed by atoms with Gasteiger partial charge in [0.2, 0.25) is 0 Å². The Labute approximate surface area is 140 Å².